The molecule has 0 bridgehead atoms. The van der Waals surface area contributed by atoms with Gasteiger partial charge in [-0.15, -0.1) is 0 Å². The molecule has 2 rings (SSSR count). The van der Waals surface area contributed by atoms with Crippen LogP contribution in [0.1, 0.15) is 20.7 Å². The minimum atomic E-state index is -1.18. The lowest BCUT2D eigenvalue weighted by Crippen LogP contribution is -1.95. The Morgan fingerprint density at radius 1 is 0.875 bits per heavy atom. The second-order valence-corrected chi connectivity index (χ2v) is 4.30. The molecule has 124 valence electrons. The quantitative estimate of drug-likeness (QED) is 0.635. The number of aromatic carboxylic acids is 2. The van der Waals surface area contributed by atoms with E-state index >= 15 is 0 Å². The zero-order valence-electron chi connectivity index (χ0n) is 12.4. The minimum absolute atomic E-state index is 0.137. The summed E-state index contributed by atoms with van der Waals surface area (Å²) in [6.07, 6.45) is 0. The van der Waals surface area contributed by atoms with Crippen LogP contribution >= 0.6 is 0 Å². The third-order valence-electron chi connectivity index (χ3n) is 2.81. The first-order valence-electron chi connectivity index (χ1n) is 6.36. The molecule has 0 aromatic heterocycles. The molecule has 24 heavy (non-hydrogen) atoms. The maximum absolute atomic E-state index is 10.5. The summed E-state index contributed by atoms with van der Waals surface area (Å²) >= 11 is 0. The van der Waals surface area contributed by atoms with Crippen molar-refractivity contribution in [1.82, 2.24) is 0 Å². The van der Waals surface area contributed by atoms with Crippen LogP contribution in [0.5, 0.6) is 11.5 Å². The van der Waals surface area contributed by atoms with E-state index in [1.54, 1.807) is 0 Å². The Bertz CT molecular complexity index is 801. The van der Waals surface area contributed by atoms with Crippen molar-refractivity contribution in [2.75, 3.05) is 0 Å². The first-order chi connectivity index (χ1) is 11.3. The number of carboxylic acid groups (broad SMARTS) is 2. The normalized spacial score (nSPS) is 9.33. The second kappa shape index (κ2) is 8.08. The Morgan fingerprint density at radius 3 is 1.96 bits per heavy atom. The van der Waals surface area contributed by atoms with Crippen molar-refractivity contribution in [3.05, 3.63) is 47.5 Å². The number of aromatic hydroxyl groups is 2. The van der Waals surface area contributed by atoms with Gasteiger partial charge in [0.15, 0.2) is 5.75 Å². The van der Waals surface area contributed by atoms with Crippen molar-refractivity contribution in [3.8, 4) is 11.5 Å². The standard InChI is InChI=1S/2C8H7NO3/c1-9-5-2-3-6(8(11)12)7(10)4-5;1-9-6-4-2-3-5(7(6)10)8(11)12/h2*2-4,10H,1H2,(H,11,12). The molecule has 8 nitrogen and oxygen atoms in total. The fourth-order valence-electron chi connectivity index (χ4n) is 1.63. The molecule has 0 saturated carbocycles. The monoisotopic (exact) mass is 330 g/mol. The molecule has 0 aliphatic rings. The summed E-state index contributed by atoms with van der Waals surface area (Å²) < 4.78 is 0. The van der Waals surface area contributed by atoms with Crippen LogP contribution in [0.25, 0.3) is 0 Å². The Hall–Kier alpha value is -3.68. The molecule has 2 aromatic rings. The van der Waals surface area contributed by atoms with Gasteiger partial charge < -0.3 is 20.4 Å². The molecule has 8 heteroatoms. The largest absolute Gasteiger partial charge is 0.507 e. The van der Waals surface area contributed by atoms with Crippen molar-refractivity contribution >= 4 is 36.7 Å². The summed E-state index contributed by atoms with van der Waals surface area (Å²) in [5.41, 5.74) is 0.315. The predicted molar refractivity (Wildman–Crippen MR) is 88.6 cm³/mol. The summed E-state index contributed by atoms with van der Waals surface area (Å²) in [5.74, 6) is -2.99. The van der Waals surface area contributed by atoms with Crippen LogP contribution in [0, 0.1) is 0 Å². The molecule has 0 fully saturated rings. The zero-order valence-corrected chi connectivity index (χ0v) is 12.4. The van der Waals surface area contributed by atoms with E-state index in [-0.39, 0.29) is 28.3 Å². The molecular formula is C16H14N2O6. The number of rotatable bonds is 4. The highest BCUT2D eigenvalue weighted by molar-refractivity contribution is 5.93. The molecule has 0 unspecified atom stereocenters. The van der Waals surface area contributed by atoms with Crippen molar-refractivity contribution < 1.29 is 30.0 Å². The van der Waals surface area contributed by atoms with Crippen LogP contribution < -0.4 is 0 Å². The minimum Gasteiger partial charge on any atom is -0.507 e. The maximum Gasteiger partial charge on any atom is 0.339 e. The van der Waals surface area contributed by atoms with Crippen molar-refractivity contribution in [2.24, 2.45) is 9.98 Å². The third kappa shape index (κ3) is 4.41. The Morgan fingerprint density at radius 2 is 1.50 bits per heavy atom. The fraction of sp³-hybridized carbons (Fsp3) is 0. The third-order valence-corrected chi connectivity index (χ3v) is 2.81. The summed E-state index contributed by atoms with van der Waals surface area (Å²) in [6, 6.07) is 8.27. The number of phenols is 2. The average molecular weight is 330 g/mol. The first kappa shape index (κ1) is 18.4. The van der Waals surface area contributed by atoms with Crippen LogP contribution in [0.3, 0.4) is 0 Å². The highest BCUT2D eigenvalue weighted by Gasteiger charge is 2.11. The molecule has 0 spiro atoms. The van der Waals surface area contributed by atoms with Gasteiger partial charge in [0.2, 0.25) is 0 Å². The number of carbonyl (C=O) groups is 2. The summed E-state index contributed by atoms with van der Waals surface area (Å²) in [5, 5.41) is 35.5. The van der Waals surface area contributed by atoms with Gasteiger partial charge >= 0.3 is 11.9 Å². The van der Waals surface area contributed by atoms with Gasteiger partial charge in [-0.2, -0.15) is 0 Å². The predicted octanol–water partition coefficient (Wildman–Crippen LogP) is 2.85. The number of nitrogens with zero attached hydrogens (tertiary/aromatic N) is 2. The second-order valence-electron chi connectivity index (χ2n) is 4.30. The number of benzene rings is 2. The van der Waals surface area contributed by atoms with Crippen molar-refractivity contribution in [1.29, 1.82) is 0 Å². The Kier molecular flexibility index (Phi) is 6.19. The highest BCUT2D eigenvalue weighted by atomic mass is 16.4. The zero-order chi connectivity index (χ0) is 18.3. The Balaban J connectivity index is 0.000000240. The molecule has 0 aliphatic heterocycles. The summed E-state index contributed by atoms with van der Waals surface area (Å²) in [7, 11) is 0. The van der Waals surface area contributed by atoms with Gasteiger partial charge in [0.1, 0.15) is 22.6 Å². The van der Waals surface area contributed by atoms with Gasteiger partial charge in [-0.05, 0) is 37.7 Å². The van der Waals surface area contributed by atoms with E-state index in [2.05, 4.69) is 23.4 Å². The van der Waals surface area contributed by atoms with E-state index in [9.17, 15) is 14.7 Å². The topological polar surface area (TPSA) is 140 Å². The van der Waals surface area contributed by atoms with Crippen molar-refractivity contribution in [3.63, 3.8) is 0 Å². The molecular weight excluding hydrogens is 316 g/mol. The van der Waals surface area contributed by atoms with Crippen LogP contribution in [0.4, 0.5) is 11.4 Å². The van der Waals surface area contributed by atoms with Crippen LogP contribution in [-0.2, 0) is 0 Å². The van der Waals surface area contributed by atoms with Gasteiger partial charge in [-0.1, -0.05) is 6.07 Å². The molecule has 0 aliphatic carbocycles. The SMILES string of the molecule is C=Nc1ccc(C(=O)O)c(O)c1.C=Nc1cccc(C(=O)O)c1O. The van der Waals surface area contributed by atoms with Gasteiger partial charge in [0.05, 0.1) is 5.69 Å². The van der Waals surface area contributed by atoms with E-state index < -0.39 is 11.9 Å². The number of hydrogen-bond donors (Lipinski definition) is 4. The highest BCUT2D eigenvalue weighted by Crippen LogP contribution is 2.29. The van der Waals surface area contributed by atoms with E-state index in [4.69, 9.17) is 15.3 Å². The lowest BCUT2D eigenvalue weighted by atomic mass is 10.2. The van der Waals surface area contributed by atoms with Gasteiger partial charge in [-0.25, -0.2) is 9.59 Å². The maximum atomic E-state index is 10.5. The number of aliphatic imine (C=N–C) groups is 2. The molecule has 0 radical (unpaired) electrons. The van der Waals surface area contributed by atoms with Crippen LogP contribution in [-0.4, -0.2) is 45.8 Å². The first-order valence-corrected chi connectivity index (χ1v) is 6.36. The smallest absolute Gasteiger partial charge is 0.339 e. The lowest BCUT2D eigenvalue weighted by molar-refractivity contribution is 0.0682. The molecule has 2 aromatic carbocycles. The van der Waals surface area contributed by atoms with E-state index in [0.29, 0.717) is 5.69 Å². The van der Waals surface area contributed by atoms with Crippen LogP contribution in [0.15, 0.2) is 46.4 Å². The van der Waals surface area contributed by atoms with Gasteiger partial charge in [-0.3, -0.25) is 9.98 Å². The van der Waals surface area contributed by atoms with Gasteiger partial charge in [0.25, 0.3) is 0 Å². The van der Waals surface area contributed by atoms with Crippen molar-refractivity contribution in [2.45, 2.75) is 0 Å². The van der Waals surface area contributed by atoms with Gasteiger partial charge in [0, 0.05) is 6.07 Å². The summed E-state index contributed by atoms with van der Waals surface area (Å²) in [4.78, 5) is 27.9. The number of hydrogen-bond acceptors (Lipinski definition) is 6. The molecule has 0 amide bonds. The van der Waals surface area contributed by atoms with Crippen LogP contribution in [0.2, 0.25) is 0 Å². The summed E-state index contributed by atoms with van der Waals surface area (Å²) in [6.45, 7) is 6.43. The fourth-order valence-corrected chi connectivity index (χ4v) is 1.63. The Labute approximate surface area is 136 Å². The number of carboxylic acids is 2. The number of para-hydroxylation sites is 1. The average Bonchev–Trinajstić information content (AvgIpc) is 2.54. The molecule has 0 saturated heterocycles. The lowest BCUT2D eigenvalue weighted by Gasteiger charge is -2.00. The molecule has 0 atom stereocenters. The van der Waals surface area contributed by atoms with E-state index in [1.165, 1.54) is 36.4 Å². The van der Waals surface area contributed by atoms with E-state index in [0.717, 1.165) is 0 Å². The van der Waals surface area contributed by atoms with E-state index in [1.807, 2.05) is 0 Å². The molecule has 0 heterocycles. The molecule has 4 N–H and O–H groups in total.